The Bertz CT molecular complexity index is 939. The molecule has 140 valence electrons. The van der Waals surface area contributed by atoms with Crippen LogP contribution in [0.1, 0.15) is 22.3 Å². The fourth-order valence-corrected chi connectivity index (χ4v) is 2.62. The quantitative estimate of drug-likeness (QED) is 0.358. The molecule has 0 saturated heterocycles. The minimum Gasteiger partial charge on any atom is -0.376 e. The molecule has 0 unspecified atom stereocenters. The smallest absolute Gasteiger partial charge is 0.259 e. The number of ketones is 1. The molecule has 0 bridgehead atoms. The Morgan fingerprint density at radius 2 is 1.25 bits per heavy atom. The largest absolute Gasteiger partial charge is 0.376 e. The normalized spacial score (nSPS) is 10.9. The number of Topliss-reactive ketones (excluding diaryl/α,β-unsaturated/α-hetero) is 1. The van der Waals surface area contributed by atoms with Gasteiger partial charge in [-0.2, -0.15) is 5.10 Å². The summed E-state index contributed by atoms with van der Waals surface area (Å²) < 4.78 is 0. The number of rotatable bonds is 8. The summed E-state index contributed by atoms with van der Waals surface area (Å²) in [4.78, 5) is 24.7. The molecule has 5 heteroatoms. The molecule has 0 spiro atoms. The molecule has 28 heavy (non-hydrogen) atoms. The zero-order valence-corrected chi connectivity index (χ0v) is 15.3. The summed E-state index contributed by atoms with van der Waals surface area (Å²) in [5.41, 5.74) is 5.32. The van der Waals surface area contributed by atoms with Crippen LogP contribution in [0.3, 0.4) is 0 Å². The van der Waals surface area contributed by atoms with Gasteiger partial charge < -0.3 is 5.32 Å². The third-order valence-corrected chi connectivity index (χ3v) is 4.07. The standard InChI is InChI=1S/C23H21N3O2/c27-22(19-12-6-2-7-13-19)16-21(18-10-4-1-5-11-18)25-26-23(28)17-24-20-14-8-3-9-15-20/h1-15,24H,16-17H2,(H,26,28)/b25-21-. The lowest BCUT2D eigenvalue weighted by atomic mass is 10.0. The van der Waals surface area contributed by atoms with Gasteiger partial charge in [0.25, 0.3) is 5.91 Å². The molecule has 0 aromatic heterocycles. The van der Waals surface area contributed by atoms with Crippen molar-refractivity contribution in [2.75, 3.05) is 11.9 Å². The lowest BCUT2D eigenvalue weighted by Crippen LogP contribution is -2.27. The molecule has 3 aromatic rings. The maximum absolute atomic E-state index is 12.6. The summed E-state index contributed by atoms with van der Waals surface area (Å²) in [6.45, 7) is 0.0855. The highest BCUT2D eigenvalue weighted by Crippen LogP contribution is 2.10. The van der Waals surface area contributed by atoms with Gasteiger partial charge in [0, 0.05) is 11.3 Å². The summed E-state index contributed by atoms with van der Waals surface area (Å²) in [7, 11) is 0. The summed E-state index contributed by atoms with van der Waals surface area (Å²) in [6.07, 6.45) is 0.0976. The molecule has 0 heterocycles. The predicted molar refractivity (Wildman–Crippen MR) is 111 cm³/mol. The van der Waals surface area contributed by atoms with Gasteiger partial charge in [0.2, 0.25) is 0 Å². The van der Waals surface area contributed by atoms with E-state index in [-0.39, 0.29) is 24.7 Å². The molecule has 0 radical (unpaired) electrons. The van der Waals surface area contributed by atoms with E-state index in [0.717, 1.165) is 11.3 Å². The second-order valence-corrected chi connectivity index (χ2v) is 6.15. The van der Waals surface area contributed by atoms with E-state index in [9.17, 15) is 9.59 Å². The SMILES string of the molecule is O=C(CNc1ccccc1)N/N=C(/CC(=O)c1ccccc1)c1ccccc1. The van der Waals surface area contributed by atoms with Crippen molar-refractivity contribution in [2.24, 2.45) is 5.10 Å². The van der Waals surface area contributed by atoms with Gasteiger partial charge >= 0.3 is 0 Å². The minimum atomic E-state index is -0.288. The lowest BCUT2D eigenvalue weighted by Gasteiger charge is -2.08. The van der Waals surface area contributed by atoms with E-state index in [2.05, 4.69) is 15.8 Å². The van der Waals surface area contributed by atoms with Crippen molar-refractivity contribution in [3.8, 4) is 0 Å². The van der Waals surface area contributed by atoms with Gasteiger partial charge in [0.1, 0.15) is 0 Å². The van der Waals surface area contributed by atoms with Crippen molar-refractivity contribution < 1.29 is 9.59 Å². The fraction of sp³-hybridized carbons (Fsp3) is 0.0870. The maximum atomic E-state index is 12.6. The van der Waals surface area contributed by atoms with Crippen molar-refractivity contribution in [1.82, 2.24) is 5.43 Å². The molecular weight excluding hydrogens is 350 g/mol. The van der Waals surface area contributed by atoms with Gasteiger partial charge in [0.15, 0.2) is 5.78 Å². The third-order valence-electron chi connectivity index (χ3n) is 4.07. The topological polar surface area (TPSA) is 70.6 Å². The Hall–Kier alpha value is -3.73. The predicted octanol–water partition coefficient (Wildman–Crippen LogP) is 3.89. The minimum absolute atomic E-state index is 0.0557. The third kappa shape index (κ3) is 5.64. The second kappa shape index (κ2) is 9.83. The molecule has 0 atom stereocenters. The zero-order chi connectivity index (χ0) is 19.6. The number of para-hydroxylation sites is 1. The van der Waals surface area contributed by atoms with E-state index in [1.165, 1.54) is 0 Å². The van der Waals surface area contributed by atoms with Gasteiger partial charge in [-0.1, -0.05) is 78.9 Å². The monoisotopic (exact) mass is 371 g/mol. The first-order chi connectivity index (χ1) is 13.7. The van der Waals surface area contributed by atoms with Crippen molar-refractivity contribution in [3.63, 3.8) is 0 Å². The van der Waals surface area contributed by atoms with Crippen LogP contribution in [0, 0.1) is 0 Å². The Morgan fingerprint density at radius 3 is 1.86 bits per heavy atom. The first-order valence-corrected chi connectivity index (χ1v) is 9.00. The number of hydrazone groups is 1. The number of hydrogen-bond acceptors (Lipinski definition) is 4. The molecule has 0 fully saturated rings. The summed E-state index contributed by atoms with van der Waals surface area (Å²) in [5, 5.41) is 7.25. The average molecular weight is 371 g/mol. The fourth-order valence-electron chi connectivity index (χ4n) is 2.62. The van der Waals surface area contributed by atoms with E-state index in [0.29, 0.717) is 11.3 Å². The Morgan fingerprint density at radius 1 is 0.714 bits per heavy atom. The number of carbonyl (C=O) groups excluding carboxylic acids is 2. The number of anilines is 1. The van der Waals surface area contributed by atoms with Crippen molar-refractivity contribution in [3.05, 3.63) is 102 Å². The number of nitrogens with zero attached hydrogens (tertiary/aromatic N) is 1. The second-order valence-electron chi connectivity index (χ2n) is 6.15. The highest BCUT2D eigenvalue weighted by molar-refractivity contribution is 6.15. The van der Waals surface area contributed by atoms with Gasteiger partial charge in [0.05, 0.1) is 18.7 Å². The van der Waals surface area contributed by atoms with Crippen LogP contribution in [0.5, 0.6) is 0 Å². The Kier molecular flexibility index (Phi) is 6.68. The number of hydrogen-bond donors (Lipinski definition) is 2. The first-order valence-electron chi connectivity index (χ1n) is 9.00. The van der Waals surface area contributed by atoms with E-state index < -0.39 is 0 Å². The molecule has 2 N–H and O–H groups in total. The lowest BCUT2D eigenvalue weighted by molar-refractivity contribution is -0.119. The van der Waals surface area contributed by atoms with Crippen LogP contribution in [-0.4, -0.2) is 23.9 Å². The molecule has 0 aliphatic rings. The van der Waals surface area contributed by atoms with E-state index >= 15 is 0 Å². The molecule has 3 aromatic carbocycles. The molecule has 1 amide bonds. The van der Waals surface area contributed by atoms with Crippen LogP contribution in [0.25, 0.3) is 0 Å². The van der Waals surface area contributed by atoms with Crippen LogP contribution >= 0.6 is 0 Å². The average Bonchev–Trinajstić information content (AvgIpc) is 2.77. The summed E-state index contributed by atoms with van der Waals surface area (Å²) >= 11 is 0. The highest BCUT2D eigenvalue weighted by atomic mass is 16.2. The zero-order valence-electron chi connectivity index (χ0n) is 15.3. The first kappa shape index (κ1) is 19.0. The van der Waals surface area contributed by atoms with Gasteiger partial charge in [-0.05, 0) is 17.7 Å². The van der Waals surface area contributed by atoms with E-state index in [1.807, 2.05) is 78.9 Å². The molecule has 0 aliphatic heterocycles. The van der Waals surface area contributed by atoms with Crippen LogP contribution in [0.15, 0.2) is 96.1 Å². The van der Waals surface area contributed by atoms with E-state index in [1.54, 1.807) is 12.1 Å². The van der Waals surface area contributed by atoms with Gasteiger partial charge in [-0.15, -0.1) is 0 Å². The van der Waals surface area contributed by atoms with Gasteiger partial charge in [-0.25, -0.2) is 5.43 Å². The Balaban J connectivity index is 1.68. The van der Waals surface area contributed by atoms with Crippen LogP contribution in [-0.2, 0) is 4.79 Å². The number of benzene rings is 3. The van der Waals surface area contributed by atoms with Crippen molar-refractivity contribution in [1.29, 1.82) is 0 Å². The molecular formula is C23H21N3O2. The van der Waals surface area contributed by atoms with Crippen LogP contribution in [0.2, 0.25) is 0 Å². The van der Waals surface area contributed by atoms with Crippen molar-refractivity contribution in [2.45, 2.75) is 6.42 Å². The summed E-state index contributed by atoms with van der Waals surface area (Å²) in [5.74, 6) is -0.343. The molecule has 0 saturated carbocycles. The summed E-state index contributed by atoms with van der Waals surface area (Å²) in [6, 6.07) is 27.9. The number of nitrogens with one attached hydrogen (secondary N) is 2. The van der Waals surface area contributed by atoms with Crippen LogP contribution in [0.4, 0.5) is 5.69 Å². The van der Waals surface area contributed by atoms with Crippen molar-refractivity contribution >= 4 is 23.1 Å². The molecule has 5 nitrogen and oxygen atoms in total. The van der Waals surface area contributed by atoms with Gasteiger partial charge in [-0.3, -0.25) is 9.59 Å². The number of carbonyl (C=O) groups is 2. The molecule has 0 aliphatic carbocycles. The number of amides is 1. The molecule has 3 rings (SSSR count). The van der Waals surface area contributed by atoms with E-state index in [4.69, 9.17) is 0 Å². The van der Waals surface area contributed by atoms with Crippen LogP contribution < -0.4 is 10.7 Å². The Labute approximate surface area is 164 Å². The maximum Gasteiger partial charge on any atom is 0.259 e. The highest BCUT2D eigenvalue weighted by Gasteiger charge is 2.12.